The fourth-order valence-electron chi connectivity index (χ4n) is 5.85. The van der Waals surface area contributed by atoms with Crippen molar-refractivity contribution >= 4 is 0 Å². The predicted octanol–water partition coefficient (Wildman–Crippen LogP) is 8.73. The molecular weight excluding hydrogens is 717 g/mol. The molecule has 0 radical (unpaired) electrons. The van der Waals surface area contributed by atoms with Crippen LogP contribution in [0, 0.1) is 41.5 Å². The number of halogens is 4. The molecule has 6 aromatic rings. The zero-order valence-corrected chi connectivity index (χ0v) is 23.9. The maximum absolute atomic E-state index is 14.9. The molecule has 0 saturated carbocycles. The van der Waals surface area contributed by atoms with Gasteiger partial charge in [-0.2, -0.15) is 29.8 Å². The van der Waals surface area contributed by atoms with Crippen molar-refractivity contribution in [2.75, 3.05) is 0 Å². The fourth-order valence-corrected chi connectivity index (χ4v) is 5.85. The summed E-state index contributed by atoms with van der Waals surface area (Å²) in [7, 11) is 0. The molecule has 0 aliphatic heterocycles. The van der Waals surface area contributed by atoms with Crippen molar-refractivity contribution in [1.29, 1.82) is 0 Å². The molecule has 1 aliphatic rings. The van der Waals surface area contributed by atoms with Crippen LogP contribution in [-0.2, 0) is 26.5 Å². The topological polar surface area (TPSA) is 12.9 Å². The standard InChI is InChI=1S/C36H18F4N.Pt/c37-24-15-17-26(32(39)20-24)22-7-5-8-23(19-22)36(30-11-3-1-9-27(30)28-10-2-4-12-31(28)36)35-14-6-13-34(41-35)29-18-16-25(38)21-33(29)40;/h1-16,20-21H;/q-3;. The largest absolute Gasteiger partial charge is 0.300 e. The third kappa shape index (κ3) is 4.31. The van der Waals surface area contributed by atoms with Gasteiger partial charge >= 0.3 is 0 Å². The number of pyridine rings is 1. The Bertz CT molecular complexity index is 1830. The first kappa shape index (κ1) is 27.8. The SMILES string of the molecule is Fc1c[c-]c(-c2[c-]c(C3(c4cccc(-c5[c-]cc(F)cc5F)n4)c4ccccc4-c4ccccc43)ccc2)c(F)c1.[Pt]. The van der Waals surface area contributed by atoms with Crippen molar-refractivity contribution in [1.82, 2.24) is 4.98 Å². The van der Waals surface area contributed by atoms with Crippen LogP contribution >= 0.6 is 0 Å². The molecule has 0 spiro atoms. The van der Waals surface area contributed by atoms with Gasteiger partial charge in [0, 0.05) is 44.2 Å². The minimum atomic E-state index is -1.02. The van der Waals surface area contributed by atoms with Crippen molar-refractivity contribution in [2.24, 2.45) is 0 Å². The number of hydrogen-bond acceptors (Lipinski definition) is 1. The van der Waals surface area contributed by atoms with Gasteiger partial charge in [-0.3, -0.25) is 22.5 Å². The van der Waals surface area contributed by atoms with E-state index in [0.717, 1.165) is 46.5 Å². The van der Waals surface area contributed by atoms with Crippen LogP contribution in [0.4, 0.5) is 17.6 Å². The van der Waals surface area contributed by atoms with Gasteiger partial charge in [0.1, 0.15) is 0 Å². The third-order valence-corrected chi connectivity index (χ3v) is 7.53. The third-order valence-electron chi connectivity index (χ3n) is 7.53. The molecule has 1 aromatic heterocycles. The molecule has 1 aliphatic carbocycles. The quantitative estimate of drug-likeness (QED) is 0.130. The van der Waals surface area contributed by atoms with Crippen molar-refractivity contribution in [2.45, 2.75) is 5.41 Å². The molecule has 7 rings (SSSR count). The van der Waals surface area contributed by atoms with Crippen molar-refractivity contribution in [3.63, 3.8) is 0 Å². The smallest absolute Gasteiger partial charge is 0.0700 e. The molecule has 208 valence electrons. The van der Waals surface area contributed by atoms with E-state index in [0.29, 0.717) is 16.8 Å². The Morgan fingerprint density at radius 2 is 1.17 bits per heavy atom. The van der Waals surface area contributed by atoms with Crippen LogP contribution in [0.2, 0.25) is 0 Å². The van der Waals surface area contributed by atoms with E-state index in [9.17, 15) is 17.6 Å². The molecule has 0 bridgehead atoms. The number of nitrogens with zero attached hydrogens (tertiary/aromatic N) is 1. The van der Waals surface area contributed by atoms with Gasteiger partial charge in [-0.15, -0.1) is 29.8 Å². The Labute approximate surface area is 254 Å². The molecule has 0 fully saturated rings. The maximum Gasteiger partial charge on any atom is 0.0700 e. The zero-order valence-electron chi connectivity index (χ0n) is 21.7. The molecule has 0 amide bonds. The van der Waals surface area contributed by atoms with E-state index in [1.807, 2.05) is 60.7 Å². The number of benzene rings is 5. The van der Waals surface area contributed by atoms with Crippen LogP contribution in [0.15, 0.2) is 109 Å². The molecule has 0 unspecified atom stereocenters. The van der Waals surface area contributed by atoms with Crippen LogP contribution in [0.1, 0.15) is 22.4 Å². The average Bonchev–Trinajstić information content (AvgIpc) is 3.29. The summed E-state index contributed by atoms with van der Waals surface area (Å²) in [4.78, 5) is 4.95. The molecule has 6 heteroatoms. The Kier molecular flexibility index (Phi) is 7.16. The molecule has 1 nitrogen and oxygen atoms in total. The average molecular weight is 736 g/mol. The first-order valence-corrected chi connectivity index (χ1v) is 12.9. The Hall–Kier alpha value is -4.34. The molecule has 5 aromatic carbocycles. The van der Waals surface area contributed by atoms with Gasteiger partial charge in [0.15, 0.2) is 0 Å². The zero-order chi connectivity index (χ0) is 28.1. The normalized spacial score (nSPS) is 12.8. The van der Waals surface area contributed by atoms with E-state index in [1.54, 1.807) is 24.3 Å². The molecule has 42 heavy (non-hydrogen) atoms. The van der Waals surface area contributed by atoms with Gasteiger partial charge < -0.3 is 0 Å². The molecule has 1 heterocycles. The van der Waals surface area contributed by atoms with Gasteiger partial charge in [-0.1, -0.05) is 78.4 Å². The summed E-state index contributed by atoms with van der Waals surface area (Å²) in [6.07, 6.45) is 0. The van der Waals surface area contributed by atoms with Crippen LogP contribution < -0.4 is 0 Å². The summed E-state index contributed by atoms with van der Waals surface area (Å²) in [5.41, 5.74) is 4.87. The molecule has 0 N–H and O–H groups in total. The first-order valence-electron chi connectivity index (χ1n) is 12.9. The molecule has 0 atom stereocenters. The summed E-state index contributed by atoms with van der Waals surface area (Å²) < 4.78 is 57.1. The predicted molar refractivity (Wildman–Crippen MR) is 149 cm³/mol. The summed E-state index contributed by atoms with van der Waals surface area (Å²) >= 11 is 0. The van der Waals surface area contributed by atoms with Gasteiger partial charge in [0.25, 0.3) is 0 Å². The number of fused-ring (bicyclic) bond motifs is 3. The van der Waals surface area contributed by atoms with Gasteiger partial charge in [0.2, 0.25) is 0 Å². The fraction of sp³-hybridized carbons (Fsp3) is 0.0278. The summed E-state index contributed by atoms with van der Waals surface area (Å²) in [6.45, 7) is 0. The maximum atomic E-state index is 14.9. The second-order valence-electron chi connectivity index (χ2n) is 9.81. The van der Waals surface area contributed by atoms with E-state index < -0.39 is 28.7 Å². The van der Waals surface area contributed by atoms with Crippen molar-refractivity contribution in [3.8, 4) is 33.5 Å². The first-order chi connectivity index (χ1) is 20.0. The van der Waals surface area contributed by atoms with E-state index in [-0.39, 0.29) is 37.9 Å². The van der Waals surface area contributed by atoms with E-state index >= 15 is 0 Å². The molecule has 0 saturated heterocycles. The second kappa shape index (κ2) is 10.8. The van der Waals surface area contributed by atoms with Crippen LogP contribution in [0.5, 0.6) is 0 Å². The Balaban J connectivity index is 0.00000316. The van der Waals surface area contributed by atoms with E-state index in [4.69, 9.17) is 4.98 Å². The summed E-state index contributed by atoms with van der Waals surface area (Å²) in [5, 5.41) is 0. The number of aromatic nitrogens is 1. The van der Waals surface area contributed by atoms with E-state index in [1.165, 1.54) is 0 Å². The molecular formula is C36H18F4NPt-3. The second-order valence-corrected chi connectivity index (χ2v) is 9.81. The van der Waals surface area contributed by atoms with Crippen LogP contribution in [-0.4, -0.2) is 4.98 Å². The minimum absolute atomic E-state index is 0. The summed E-state index contributed by atoms with van der Waals surface area (Å²) in [5.74, 6) is -2.97. The monoisotopic (exact) mass is 735 g/mol. The number of rotatable bonds is 4. The number of hydrogen-bond donors (Lipinski definition) is 0. The minimum Gasteiger partial charge on any atom is -0.300 e. The van der Waals surface area contributed by atoms with Gasteiger partial charge in [-0.05, 0) is 39.8 Å². The summed E-state index contributed by atoms with van der Waals surface area (Å²) in [6, 6.07) is 39.1. The van der Waals surface area contributed by atoms with Crippen molar-refractivity contribution in [3.05, 3.63) is 173 Å². The van der Waals surface area contributed by atoms with Gasteiger partial charge in [-0.25, -0.2) is 5.56 Å². The Morgan fingerprint density at radius 1 is 0.595 bits per heavy atom. The Morgan fingerprint density at radius 3 is 1.79 bits per heavy atom. The van der Waals surface area contributed by atoms with Gasteiger partial charge in [0.05, 0.1) is 5.41 Å². The van der Waals surface area contributed by atoms with Crippen molar-refractivity contribution < 1.29 is 38.6 Å². The van der Waals surface area contributed by atoms with Crippen LogP contribution in [0.25, 0.3) is 33.5 Å². The van der Waals surface area contributed by atoms with E-state index in [2.05, 4.69) is 18.2 Å². The van der Waals surface area contributed by atoms with Crippen LogP contribution in [0.3, 0.4) is 0 Å².